The lowest BCUT2D eigenvalue weighted by Crippen LogP contribution is -2.03. The predicted molar refractivity (Wildman–Crippen MR) is 80.9 cm³/mol. The molecule has 4 heteroatoms. The van der Waals surface area contributed by atoms with Gasteiger partial charge in [-0.1, -0.05) is 60.1 Å². The van der Waals surface area contributed by atoms with Gasteiger partial charge in [-0.15, -0.1) is 0 Å². The molecule has 0 saturated heterocycles. The van der Waals surface area contributed by atoms with Crippen molar-refractivity contribution >= 4 is 32.2 Å². The number of fused-ring (bicyclic) bond motifs is 1. The maximum Gasteiger partial charge on any atom is 0.208 e. The summed E-state index contributed by atoms with van der Waals surface area (Å²) in [6.45, 7) is 0. The Morgan fingerprint density at radius 1 is 0.700 bits per heavy atom. The van der Waals surface area contributed by atoms with E-state index in [4.69, 9.17) is 11.6 Å². The van der Waals surface area contributed by atoms with Crippen LogP contribution in [0.3, 0.4) is 0 Å². The highest BCUT2D eigenvalue weighted by Gasteiger charge is 2.22. The van der Waals surface area contributed by atoms with Crippen LogP contribution < -0.4 is 0 Å². The van der Waals surface area contributed by atoms with E-state index in [1.54, 1.807) is 36.4 Å². The van der Waals surface area contributed by atoms with Crippen molar-refractivity contribution in [3.05, 3.63) is 71.8 Å². The van der Waals surface area contributed by atoms with Gasteiger partial charge in [-0.2, -0.15) is 0 Å². The summed E-state index contributed by atoms with van der Waals surface area (Å²) in [5.74, 6) is 0. The molecule has 3 aromatic carbocycles. The van der Waals surface area contributed by atoms with Crippen molar-refractivity contribution in [3.63, 3.8) is 0 Å². The third-order valence-electron chi connectivity index (χ3n) is 3.17. The normalized spacial score (nSPS) is 11.7. The van der Waals surface area contributed by atoms with E-state index in [1.807, 2.05) is 24.3 Å². The van der Waals surface area contributed by atoms with E-state index in [9.17, 15) is 8.42 Å². The topological polar surface area (TPSA) is 34.1 Å². The monoisotopic (exact) mass is 302 g/mol. The van der Waals surface area contributed by atoms with Crippen LogP contribution in [0.2, 0.25) is 5.02 Å². The van der Waals surface area contributed by atoms with Crippen LogP contribution in [0.1, 0.15) is 0 Å². The van der Waals surface area contributed by atoms with Gasteiger partial charge in [0.05, 0.1) is 14.8 Å². The lowest BCUT2D eigenvalue weighted by molar-refractivity contribution is 0.597. The first kappa shape index (κ1) is 13.2. The van der Waals surface area contributed by atoms with Gasteiger partial charge in [0.25, 0.3) is 0 Å². The highest BCUT2D eigenvalue weighted by atomic mass is 35.5. The molecule has 0 aliphatic carbocycles. The van der Waals surface area contributed by atoms with Crippen molar-refractivity contribution in [2.24, 2.45) is 0 Å². The van der Waals surface area contributed by atoms with E-state index in [0.717, 1.165) is 5.39 Å². The molecule has 0 aromatic heterocycles. The van der Waals surface area contributed by atoms with Crippen molar-refractivity contribution in [1.82, 2.24) is 0 Å². The molecular formula is C16H11ClO2S. The SMILES string of the molecule is O=S(=O)(c1ccccc1Cl)c1cccc2ccccc12. The minimum absolute atomic E-state index is 0.137. The van der Waals surface area contributed by atoms with Crippen LogP contribution in [-0.2, 0) is 9.84 Å². The largest absolute Gasteiger partial charge is 0.218 e. The maximum absolute atomic E-state index is 12.8. The van der Waals surface area contributed by atoms with Crippen LogP contribution in [-0.4, -0.2) is 8.42 Å². The number of benzene rings is 3. The average molecular weight is 303 g/mol. The van der Waals surface area contributed by atoms with Crippen LogP contribution >= 0.6 is 11.6 Å². The van der Waals surface area contributed by atoms with Crippen molar-refractivity contribution in [1.29, 1.82) is 0 Å². The number of rotatable bonds is 2. The number of hydrogen-bond acceptors (Lipinski definition) is 2. The zero-order valence-electron chi connectivity index (χ0n) is 10.5. The summed E-state index contributed by atoms with van der Waals surface area (Å²) in [5, 5.41) is 1.83. The fraction of sp³-hybridized carbons (Fsp3) is 0. The molecule has 0 fully saturated rings. The molecule has 3 aromatic rings. The van der Waals surface area contributed by atoms with Crippen LogP contribution in [0, 0.1) is 0 Å². The average Bonchev–Trinajstić information content (AvgIpc) is 2.47. The summed E-state index contributed by atoms with van der Waals surface area (Å²) in [6, 6.07) is 19.1. The Morgan fingerprint density at radius 2 is 1.30 bits per heavy atom. The minimum atomic E-state index is -3.63. The summed E-state index contributed by atoms with van der Waals surface area (Å²) >= 11 is 6.03. The van der Waals surface area contributed by atoms with Gasteiger partial charge in [-0.05, 0) is 23.6 Å². The van der Waals surface area contributed by atoms with Gasteiger partial charge in [0, 0.05) is 5.39 Å². The molecule has 0 bridgehead atoms. The summed E-state index contributed by atoms with van der Waals surface area (Å²) in [6.07, 6.45) is 0. The Bertz CT molecular complexity index is 880. The molecule has 2 nitrogen and oxygen atoms in total. The summed E-state index contributed by atoms with van der Waals surface area (Å²) in [5.41, 5.74) is 0. The molecule has 20 heavy (non-hydrogen) atoms. The van der Waals surface area contributed by atoms with E-state index < -0.39 is 9.84 Å². The number of hydrogen-bond donors (Lipinski definition) is 0. The molecule has 0 amide bonds. The standard InChI is InChI=1S/C16H11ClO2S/c17-14-9-3-4-10-16(14)20(18,19)15-11-5-7-12-6-1-2-8-13(12)15/h1-11H. The van der Waals surface area contributed by atoms with E-state index in [0.29, 0.717) is 5.39 Å². The predicted octanol–water partition coefficient (Wildman–Crippen LogP) is 4.33. The Kier molecular flexibility index (Phi) is 3.24. The Labute approximate surface area is 122 Å². The second-order valence-corrected chi connectivity index (χ2v) is 6.70. The Hall–Kier alpha value is -1.84. The van der Waals surface area contributed by atoms with Gasteiger partial charge in [0.2, 0.25) is 9.84 Å². The zero-order chi connectivity index (χ0) is 14.2. The Balaban J connectivity index is 2.33. The first-order valence-electron chi connectivity index (χ1n) is 6.08. The molecule has 0 aliphatic rings. The molecule has 0 saturated carbocycles. The summed E-state index contributed by atoms with van der Waals surface area (Å²) < 4.78 is 25.6. The fourth-order valence-electron chi connectivity index (χ4n) is 2.21. The first-order valence-corrected chi connectivity index (χ1v) is 7.94. The smallest absolute Gasteiger partial charge is 0.208 e. The van der Waals surface area contributed by atoms with Gasteiger partial charge < -0.3 is 0 Å². The molecule has 0 spiro atoms. The third-order valence-corrected chi connectivity index (χ3v) is 5.48. The second-order valence-electron chi connectivity index (χ2n) is 4.41. The van der Waals surface area contributed by atoms with E-state index in [2.05, 4.69) is 0 Å². The molecule has 0 N–H and O–H groups in total. The van der Waals surface area contributed by atoms with Crippen LogP contribution in [0.4, 0.5) is 0 Å². The molecule has 0 aliphatic heterocycles. The number of sulfone groups is 1. The van der Waals surface area contributed by atoms with Crippen molar-refractivity contribution in [2.45, 2.75) is 9.79 Å². The van der Waals surface area contributed by atoms with Crippen molar-refractivity contribution < 1.29 is 8.42 Å². The third kappa shape index (κ3) is 2.09. The van der Waals surface area contributed by atoms with Crippen molar-refractivity contribution in [2.75, 3.05) is 0 Å². The van der Waals surface area contributed by atoms with E-state index in [1.165, 1.54) is 6.07 Å². The highest BCUT2D eigenvalue weighted by molar-refractivity contribution is 7.91. The van der Waals surface area contributed by atoms with E-state index >= 15 is 0 Å². The lowest BCUT2D eigenvalue weighted by Gasteiger charge is -2.09. The second kappa shape index (κ2) is 4.93. The van der Waals surface area contributed by atoms with E-state index in [-0.39, 0.29) is 14.8 Å². The molecular weight excluding hydrogens is 292 g/mol. The molecule has 0 radical (unpaired) electrons. The van der Waals surface area contributed by atoms with Crippen LogP contribution in [0.25, 0.3) is 10.8 Å². The van der Waals surface area contributed by atoms with Gasteiger partial charge in [0.15, 0.2) is 0 Å². The summed E-state index contributed by atoms with van der Waals surface area (Å²) in [4.78, 5) is 0.418. The van der Waals surface area contributed by atoms with Crippen molar-refractivity contribution in [3.8, 4) is 0 Å². The van der Waals surface area contributed by atoms with Gasteiger partial charge >= 0.3 is 0 Å². The summed E-state index contributed by atoms with van der Waals surface area (Å²) in [7, 11) is -3.63. The molecule has 0 heterocycles. The minimum Gasteiger partial charge on any atom is -0.218 e. The Morgan fingerprint density at radius 3 is 2.10 bits per heavy atom. The van der Waals surface area contributed by atoms with Gasteiger partial charge in [-0.3, -0.25) is 0 Å². The lowest BCUT2D eigenvalue weighted by atomic mass is 10.1. The highest BCUT2D eigenvalue weighted by Crippen LogP contribution is 2.31. The van der Waals surface area contributed by atoms with Gasteiger partial charge in [-0.25, -0.2) is 8.42 Å². The quantitative estimate of drug-likeness (QED) is 0.706. The fourth-order valence-corrected chi connectivity index (χ4v) is 4.20. The first-order chi connectivity index (χ1) is 9.60. The molecule has 0 unspecified atom stereocenters. The molecule has 3 rings (SSSR count). The van der Waals surface area contributed by atoms with Gasteiger partial charge in [0.1, 0.15) is 0 Å². The zero-order valence-corrected chi connectivity index (χ0v) is 12.0. The number of halogens is 1. The van der Waals surface area contributed by atoms with Crippen LogP contribution in [0.15, 0.2) is 76.5 Å². The van der Waals surface area contributed by atoms with Crippen LogP contribution in [0.5, 0.6) is 0 Å². The maximum atomic E-state index is 12.8. The molecule has 0 atom stereocenters. The molecule has 100 valence electrons.